The van der Waals surface area contributed by atoms with E-state index in [1.807, 2.05) is 0 Å². The fourth-order valence-corrected chi connectivity index (χ4v) is 11.8. The number of aliphatic hydroxyl groups excluding tert-OH is 2. The fourth-order valence-electron chi connectivity index (χ4n) is 11.8. The van der Waals surface area contributed by atoms with Gasteiger partial charge in [0.1, 0.15) is 0 Å². The van der Waals surface area contributed by atoms with Crippen LogP contribution in [-0.4, -0.2) is 22.9 Å². The van der Waals surface area contributed by atoms with Gasteiger partial charge in [0.2, 0.25) is 0 Å². The Labute approximate surface area is 178 Å². The first-order valence-corrected chi connectivity index (χ1v) is 12.9. The summed E-state index contributed by atoms with van der Waals surface area (Å²) in [6.45, 7) is 10.9. The molecule has 29 heavy (non-hydrogen) atoms. The lowest BCUT2D eigenvalue weighted by Crippen LogP contribution is -2.65. The third-order valence-electron chi connectivity index (χ3n) is 13.8. The molecule has 6 saturated carbocycles. The second-order valence-electron chi connectivity index (χ2n) is 13.7. The van der Waals surface area contributed by atoms with E-state index < -0.39 is 0 Å². The molecule has 0 heterocycles. The van der Waals surface area contributed by atoms with Crippen molar-refractivity contribution in [2.24, 2.45) is 50.2 Å². The van der Waals surface area contributed by atoms with Crippen molar-refractivity contribution in [1.82, 2.24) is 0 Å². The Morgan fingerprint density at radius 2 is 1.45 bits per heavy atom. The van der Waals surface area contributed by atoms with Gasteiger partial charge in [-0.3, -0.25) is 0 Å². The average Bonchev–Trinajstić information content (AvgIpc) is 3.13. The van der Waals surface area contributed by atoms with Crippen molar-refractivity contribution in [3.05, 3.63) is 0 Å². The van der Waals surface area contributed by atoms with Gasteiger partial charge in [-0.25, -0.2) is 0 Å². The molecular weight excluding hydrogens is 356 g/mol. The molecule has 6 fully saturated rings. The minimum atomic E-state index is -0.0646. The molecule has 0 radical (unpaired) electrons. The minimum absolute atomic E-state index is 0.0646. The maximum atomic E-state index is 10.9. The highest BCUT2D eigenvalue weighted by Crippen LogP contribution is 2.87. The van der Waals surface area contributed by atoms with Gasteiger partial charge in [-0.15, -0.1) is 0 Å². The van der Waals surface area contributed by atoms with Crippen LogP contribution in [0, 0.1) is 50.2 Å². The van der Waals surface area contributed by atoms with Gasteiger partial charge in [0.15, 0.2) is 0 Å². The molecule has 2 heteroatoms. The zero-order valence-electron chi connectivity index (χ0n) is 19.4. The quantitative estimate of drug-likeness (QED) is 0.571. The second kappa shape index (κ2) is 5.45. The summed E-state index contributed by atoms with van der Waals surface area (Å²) in [6.07, 6.45) is 15.6. The fraction of sp³-hybridized carbons (Fsp3) is 1.00. The normalized spacial score (nSPS) is 65.6. The van der Waals surface area contributed by atoms with E-state index in [-0.39, 0.29) is 16.9 Å². The monoisotopic (exact) mass is 400 g/mol. The third kappa shape index (κ3) is 1.88. The Hall–Kier alpha value is -0.0800. The summed E-state index contributed by atoms with van der Waals surface area (Å²) in [4.78, 5) is 0. The van der Waals surface area contributed by atoms with Crippen LogP contribution in [0.1, 0.15) is 105 Å². The van der Waals surface area contributed by atoms with Crippen LogP contribution in [0.2, 0.25) is 0 Å². The molecule has 0 bridgehead atoms. The zero-order valence-corrected chi connectivity index (χ0v) is 19.4. The molecule has 0 amide bonds. The van der Waals surface area contributed by atoms with Crippen LogP contribution < -0.4 is 0 Å². The first-order valence-electron chi connectivity index (χ1n) is 12.9. The number of rotatable bonds is 1. The lowest BCUT2D eigenvalue weighted by molar-refractivity contribution is -0.238. The highest BCUT2D eigenvalue weighted by molar-refractivity contribution is 5.30. The third-order valence-corrected chi connectivity index (χ3v) is 13.8. The number of hydrogen-bond donors (Lipinski definition) is 2. The van der Waals surface area contributed by atoms with Gasteiger partial charge in [-0.2, -0.15) is 0 Å². The zero-order chi connectivity index (χ0) is 20.5. The molecule has 6 rings (SSSR count). The van der Waals surface area contributed by atoms with Gasteiger partial charge in [-0.1, -0.05) is 34.1 Å². The summed E-state index contributed by atoms with van der Waals surface area (Å²) < 4.78 is 0. The van der Waals surface area contributed by atoms with E-state index in [2.05, 4.69) is 27.7 Å². The molecule has 0 aliphatic heterocycles. The largest absolute Gasteiger partial charge is 0.396 e. The van der Waals surface area contributed by atoms with Crippen LogP contribution in [0.25, 0.3) is 0 Å². The van der Waals surface area contributed by atoms with E-state index in [0.717, 1.165) is 24.2 Å². The molecular formula is C27H44O2. The molecule has 6 aliphatic carbocycles. The number of fused-ring (bicyclic) bond motifs is 6. The SMILES string of the molecule is CC12CCC(O)[C@]3(C)C[C@@]13CCC1(C)C2CCC2C3CCCC3(CO)CC[C@]21C. The average molecular weight is 401 g/mol. The molecule has 7 unspecified atom stereocenters. The summed E-state index contributed by atoms with van der Waals surface area (Å²) in [6, 6.07) is 0. The van der Waals surface area contributed by atoms with E-state index >= 15 is 0 Å². The van der Waals surface area contributed by atoms with Crippen LogP contribution in [-0.2, 0) is 0 Å². The standard InChI is InChI=1S/C27H44O2/c1-22-12-14-26(17-28)10-5-6-19(26)18(22)7-8-20-23(22,2)13-15-27-16-25(27,4)21(29)9-11-24(20,27)3/h18-21,28-29H,5-17H2,1-4H3/t18?,19?,20?,21?,22-,23?,24?,25+,26?,27+/m1/s1. The van der Waals surface area contributed by atoms with Crippen LogP contribution in [0.3, 0.4) is 0 Å². The van der Waals surface area contributed by atoms with E-state index in [1.165, 1.54) is 70.6 Å². The molecule has 0 aromatic heterocycles. The number of aliphatic hydroxyl groups is 2. The van der Waals surface area contributed by atoms with Gasteiger partial charge >= 0.3 is 0 Å². The highest BCUT2D eigenvalue weighted by atomic mass is 16.3. The Kier molecular flexibility index (Phi) is 3.68. The van der Waals surface area contributed by atoms with Crippen molar-refractivity contribution in [2.75, 3.05) is 6.61 Å². The number of hydrogen-bond acceptors (Lipinski definition) is 2. The maximum Gasteiger partial charge on any atom is 0.0599 e. The van der Waals surface area contributed by atoms with E-state index in [4.69, 9.17) is 0 Å². The van der Waals surface area contributed by atoms with Crippen molar-refractivity contribution in [1.29, 1.82) is 0 Å². The summed E-state index contributed by atoms with van der Waals surface area (Å²) in [5, 5.41) is 21.2. The van der Waals surface area contributed by atoms with Gasteiger partial charge in [0, 0.05) is 12.0 Å². The smallest absolute Gasteiger partial charge is 0.0599 e. The Morgan fingerprint density at radius 1 is 0.690 bits per heavy atom. The van der Waals surface area contributed by atoms with Crippen LogP contribution >= 0.6 is 0 Å². The molecule has 164 valence electrons. The van der Waals surface area contributed by atoms with E-state index in [1.54, 1.807) is 0 Å². The van der Waals surface area contributed by atoms with Gasteiger partial charge < -0.3 is 10.2 Å². The topological polar surface area (TPSA) is 40.5 Å². The van der Waals surface area contributed by atoms with Gasteiger partial charge in [0.25, 0.3) is 0 Å². The maximum absolute atomic E-state index is 10.9. The van der Waals surface area contributed by atoms with Gasteiger partial charge in [-0.05, 0) is 115 Å². The minimum Gasteiger partial charge on any atom is -0.396 e. The lowest BCUT2D eigenvalue weighted by atomic mass is 9.33. The lowest BCUT2D eigenvalue weighted by Gasteiger charge is -2.72. The molecule has 2 N–H and O–H groups in total. The summed E-state index contributed by atoms with van der Waals surface area (Å²) >= 11 is 0. The predicted octanol–water partition coefficient (Wildman–Crippen LogP) is 5.95. The predicted molar refractivity (Wildman–Crippen MR) is 116 cm³/mol. The van der Waals surface area contributed by atoms with Crippen molar-refractivity contribution >= 4 is 0 Å². The summed E-state index contributed by atoms with van der Waals surface area (Å²) in [5.41, 5.74) is 2.17. The van der Waals surface area contributed by atoms with Crippen LogP contribution in [0.4, 0.5) is 0 Å². The first-order chi connectivity index (χ1) is 13.6. The molecule has 1 spiro atoms. The Bertz CT molecular complexity index is 734. The first kappa shape index (κ1) is 19.6. The van der Waals surface area contributed by atoms with E-state index in [0.29, 0.717) is 28.3 Å². The van der Waals surface area contributed by atoms with Crippen molar-refractivity contribution < 1.29 is 10.2 Å². The molecule has 6 aliphatic rings. The Morgan fingerprint density at radius 3 is 2.21 bits per heavy atom. The van der Waals surface area contributed by atoms with E-state index in [9.17, 15) is 10.2 Å². The summed E-state index contributed by atoms with van der Waals surface area (Å²) in [5.74, 6) is 2.42. The molecule has 10 atom stereocenters. The van der Waals surface area contributed by atoms with Gasteiger partial charge in [0.05, 0.1) is 6.10 Å². The second-order valence-corrected chi connectivity index (χ2v) is 13.7. The Balaban J connectivity index is 1.40. The van der Waals surface area contributed by atoms with Crippen LogP contribution in [0.5, 0.6) is 0 Å². The van der Waals surface area contributed by atoms with Crippen molar-refractivity contribution in [3.63, 3.8) is 0 Å². The molecule has 0 aromatic carbocycles. The summed E-state index contributed by atoms with van der Waals surface area (Å²) in [7, 11) is 0. The molecule has 0 aromatic rings. The molecule has 0 saturated heterocycles. The van der Waals surface area contributed by atoms with Crippen molar-refractivity contribution in [3.8, 4) is 0 Å². The molecule has 2 nitrogen and oxygen atoms in total. The van der Waals surface area contributed by atoms with Crippen LogP contribution in [0.15, 0.2) is 0 Å². The highest BCUT2D eigenvalue weighted by Gasteiger charge is 2.81. The van der Waals surface area contributed by atoms with Crippen molar-refractivity contribution in [2.45, 2.75) is 111 Å².